The quantitative estimate of drug-likeness (QED) is 0.619. The van der Waals surface area contributed by atoms with Crippen LogP contribution in [0.25, 0.3) is 0 Å². The average molecular weight is 180 g/mol. The van der Waals surface area contributed by atoms with Crippen LogP contribution >= 0.6 is 0 Å². The monoisotopic (exact) mass is 180 g/mol. The maximum atomic E-state index is 12.2. The first-order chi connectivity index (χ1) is 4.97. The van der Waals surface area contributed by atoms with Crippen LogP contribution in [0.4, 0.5) is 3.89 Å². The third kappa shape index (κ3) is 2.77. The predicted molar refractivity (Wildman–Crippen MR) is 41.5 cm³/mol. The van der Waals surface area contributed by atoms with Gasteiger partial charge in [0.05, 0.1) is 5.75 Å². The molecule has 0 unspecified atom stereocenters. The Morgan fingerprint density at radius 3 is 2.27 bits per heavy atom. The zero-order valence-corrected chi connectivity index (χ0v) is 7.45. The molecule has 0 saturated heterocycles. The van der Waals surface area contributed by atoms with Crippen molar-refractivity contribution >= 4 is 10.2 Å². The number of hydrogen-bond acceptors (Lipinski definition) is 2. The SMILES string of the molecule is CCCC1(CS(=O)(=O)F)CC1. The van der Waals surface area contributed by atoms with E-state index in [2.05, 4.69) is 0 Å². The second-order valence-corrected chi connectivity index (χ2v) is 4.80. The molecule has 2 nitrogen and oxygen atoms in total. The van der Waals surface area contributed by atoms with Gasteiger partial charge in [0.2, 0.25) is 0 Å². The maximum absolute atomic E-state index is 12.2. The molecule has 1 rings (SSSR count). The van der Waals surface area contributed by atoms with E-state index in [0.29, 0.717) is 0 Å². The van der Waals surface area contributed by atoms with E-state index in [1.54, 1.807) is 0 Å². The van der Waals surface area contributed by atoms with Gasteiger partial charge in [-0.25, -0.2) is 0 Å². The first kappa shape index (κ1) is 8.97. The van der Waals surface area contributed by atoms with Crippen molar-refractivity contribution in [2.75, 3.05) is 5.75 Å². The molecule has 0 amide bonds. The largest absolute Gasteiger partial charge is 0.302 e. The summed E-state index contributed by atoms with van der Waals surface area (Å²) in [5.74, 6) is -0.256. The summed E-state index contributed by atoms with van der Waals surface area (Å²) in [4.78, 5) is 0. The predicted octanol–water partition coefficient (Wildman–Crippen LogP) is 1.87. The third-order valence-corrected chi connectivity index (χ3v) is 3.17. The summed E-state index contributed by atoms with van der Waals surface area (Å²) in [6.07, 6.45) is 3.54. The summed E-state index contributed by atoms with van der Waals surface area (Å²) >= 11 is 0. The molecule has 0 atom stereocenters. The molecule has 0 radical (unpaired) electrons. The standard InChI is InChI=1S/C7H13FO2S/c1-2-3-7(4-5-7)6-11(8,9)10/h2-6H2,1H3. The lowest BCUT2D eigenvalue weighted by Gasteiger charge is -2.09. The highest BCUT2D eigenvalue weighted by molar-refractivity contribution is 7.86. The molecule has 11 heavy (non-hydrogen) atoms. The van der Waals surface area contributed by atoms with Crippen LogP contribution in [0.1, 0.15) is 32.6 Å². The minimum Gasteiger partial charge on any atom is -0.195 e. The topological polar surface area (TPSA) is 34.1 Å². The lowest BCUT2D eigenvalue weighted by atomic mass is 10.0. The molecule has 0 heterocycles. The zero-order valence-electron chi connectivity index (χ0n) is 6.64. The molecule has 0 N–H and O–H groups in total. The van der Waals surface area contributed by atoms with E-state index in [9.17, 15) is 12.3 Å². The molecule has 1 aliphatic carbocycles. The Bertz CT molecular complexity index is 229. The molecular formula is C7H13FO2S. The van der Waals surface area contributed by atoms with Crippen molar-refractivity contribution in [2.24, 2.45) is 5.41 Å². The number of halogens is 1. The van der Waals surface area contributed by atoms with Crippen molar-refractivity contribution in [3.63, 3.8) is 0 Å². The Balaban J connectivity index is 2.48. The van der Waals surface area contributed by atoms with Gasteiger partial charge in [-0.15, -0.1) is 3.89 Å². The van der Waals surface area contributed by atoms with E-state index in [-0.39, 0.29) is 11.2 Å². The molecule has 0 spiro atoms. The van der Waals surface area contributed by atoms with Gasteiger partial charge in [0.1, 0.15) is 0 Å². The van der Waals surface area contributed by atoms with Gasteiger partial charge in [-0.2, -0.15) is 8.42 Å². The van der Waals surface area contributed by atoms with Crippen LogP contribution in [0.2, 0.25) is 0 Å². The Morgan fingerprint density at radius 2 is 2.00 bits per heavy atom. The third-order valence-electron chi connectivity index (χ3n) is 2.22. The van der Waals surface area contributed by atoms with Gasteiger partial charge >= 0.3 is 10.2 Å². The number of rotatable bonds is 4. The van der Waals surface area contributed by atoms with E-state index in [1.165, 1.54) is 0 Å². The Hall–Kier alpha value is -0.120. The fourth-order valence-corrected chi connectivity index (χ4v) is 2.70. The van der Waals surface area contributed by atoms with Gasteiger partial charge in [-0.1, -0.05) is 13.3 Å². The van der Waals surface area contributed by atoms with E-state index in [4.69, 9.17) is 0 Å². The lowest BCUT2D eigenvalue weighted by Crippen LogP contribution is -2.12. The smallest absolute Gasteiger partial charge is 0.195 e. The zero-order chi connectivity index (χ0) is 8.54. The summed E-state index contributed by atoms with van der Waals surface area (Å²) < 4.78 is 32.8. The van der Waals surface area contributed by atoms with Crippen LogP contribution < -0.4 is 0 Å². The van der Waals surface area contributed by atoms with Gasteiger partial charge in [-0.3, -0.25) is 0 Å². The normalized spacial score (nSPS) is 21.6. The fourth-order valence-electron chi connectivity index (χ4n) is 1.54. The Kier molecular flexibility index (Phi) is 2.23. The summed E-state index contributed by atoms with van der Waals surface area (Å²) in [7, 11) is -4.24. The van der Waals surface area contributed by atoms with Crippen molar-refractivity contribution in [2.45, 2.75) is 32.6 Å². The summed E-state index contributed by atoms with van der Waals surface area (Å²) in [6, 6.07) is 0. The van der Waals surface area contributed by atoms with Crippen LogP contribution in [0.3, 0.4) is 0 Å². The first-order valence-corrected chi connectivity index (χ1v) is 5.45. The van der Waals surface area contributed by atoms with Gasteiger partial charge in [0, 0.05) is 0 Å². The van der Waals surface area contributed by atoms with Gasteiger partial charge in [0.25, 0.3) is 0 Å². The van der Waals surface area contributed by atoms with E-state index >= 15 is 0 Å². The van der Waals surface area contributed by atoms with Crippen LogP contribution in [-0.4, -0.2) is 14.2 Å². The Labute approximate surface area is 67.0 Å². The molecule has 66 valence electrons. The fraction of sp³-hybridized carbons (Fsp3) is 1.00. The molecule has 0 bridgehead atoms. The molecule has 0 aromatic heterocycles. The molecule has 0 aromatic carbocycles. The molecule has 1 fully saturated rings. The minimum atomic E-state index is -4.24. The van der Waals surface area contributed by atoms with Crippen LogP contribution in [0, 0.1) is 5.41 Å². The van der Waals surface area contributed by atoms with Crippen molar-refractivity contribution in [1.29, 1.82) is 0 Å². The summed E-state index contributed by atoms with van der Waals surface area (Å²) in [6.45, 7) is 1.99. The second-order valence-electron chi connectivity index (χ2n) is 3.43. The van der Waals surface area contributed by atoms with E-state index in [0.717, 1.165) is 25.7 Å². The average Bonchev–Trinajstić information content (AvgIpc) is 2.44. The van der Waals surface area contributed by atoms with Gasteiger partial charge in [0.15, 0.2) is 0 Å². The van der Waals surface area contributed by atoms with Gasteiger partial charge in [-0.05, 0) is 24.7 Å². The maximum Gasteiger partial charge on any atom is 0.302 e. The molecule has 0 aliphatic heterocycles. The first-order valence-electron chi connectivity index (χ1n) is 3.90. The van der Waals surface area contributed by atoms with Gasteiger partial charge < -0.3 is 0 Å². The van der Waals surface area contributed by atoms with Crippen molar-refractivity contribution < 1.29 is 12.3 Å². The van der Waals surface area contributed by atoms with Crippen LogP contribution in [0.5, 0.6) is 0 Å². The molecule has 1 saturated carbocycles. The molecular weight excluding hydrogens is 167 g/mol. The lowest BCUT2D eigenvalue weighted by molar-refractivity contribution is 0.480. The molecule has 0 aromatic rings. The highest BCUT2D eigenvalue weighted by Crippen LogP contribution is 2.50. The highest BCUT2D eigenvalue weighted by Gasteiger charge is 2.45. The van der Waals surface area contributed by atoms with Crippen molar-refractivity contribution in [1.82, 2.24) is 0 Å². The molecule has 4 heteroatoms. The highest BCUT2D eigenvalue weighted by atomic mass is 32.3. The second kappa shape index (κ2) is 2.73. The summed E-state index contributed by atoms with van der Waals surface area (Å²) in [5, 5.41) is 0. The van der Waals surface area contributed by atoms with Crippen molar-refractivity contribution in [3.05, 3.63) is 0 Å². The van der Waals surface area contributed by atoms with Crippen LogP contribution in [-0.2, 0) is 10.2 Å². The van der Waals surface area contributed by atoms with Crippen LogP contribution in [0.15, 0.2) is 0 Å². The Morgan fingerprint density at radius 1 is 1.45 bits per heavy atom. The summed E-state index contributed by atoms with van der Waals surface area (Å²) in [5.41, 5.74) is -0.178. The van der Waals surface area contributed by atoms with E-state index in [1.807, 2.05) is 6.92 Å². The van der Waals surface area contributed by atoms with E-state index < -0.39 is 10.2 Å². The molecule has 1 aliphatic rings. The van der Waals surface area contributed by atoms with Crippen molar-refractivity contribution in [3.8, 4) is 0 Å². The minimum absolute atomic E-state index is 0.178. The number of hydrogen-bond donors (Lipinski definition) is 0.